The average Bonchev–Trinajstić information content (AvgIpc) is 2.25. The van der Waals surface area contributed by atoms with E-state index in [1.165, 1.54) is 6.92 Å². The van der Waals surface area contributed by atoms with Crippen LogP contribution in [0.4, 0.5) is 11.6 Å². The van der Waals surface area contributed by atoms with Crippen LogP contribution in [0.5, 0.6) is 5.88 Å². The van der Waals surface area contributed by atoms with Gasteiger partial charge in [0.05, 0.1) is 4.92 Å². The Balaban J connectivity index is 3.19. The zero-order valence-corrected chi connectivity index (χ0v) is 9.56. The Morgan fingerprint density at radius 2 is 2.29 bits per heavy atom. The molecule has 1 rings (SSSR count). The highest BCUT2D eigenvalue weighted by Gasteiger charge is 2.23. The van der Waals surface area contributed by atoms with Crippen molar-refractivity contribution in [1.82, 2.24) is 9.97 Å². The van der Waals surface area contributed by atoms with Crippen LogP contribution in [0.15, 0.2) is 0 Å². The van der Waals surface area contributed by atoms with Crippen LogP contribution >= 0.6 is 0 Å². The average molecular weight is 236 g/mol. The number of ether oxygens (including phenoxy) is 1. The molecule has 90 valence electrons. The molecule has 1 heterocycles. The van der Waals surface area contributed by atoms with Gasteiger partial charge in [0, 0.05) is 6.54 Å². The molecule has 0 aliphatic rings. The lowest BCUT2D eigenvalue weighted by molar-refractivity contribution is -0.387. The first-order valence-electron chi connectivity index (χ1n) is 4.93. The van der Waals surface area contributed by atoms with Gasteiger partial charge in [-0.25, -0.2) is 4.98 Å². The molecule has 7 heteroatoms. The molecule has 1 aromatic rings. The van der Waals surface area contributed by atoms with Crippen LogP contribution in [0.3, 0.4) is 0 Å². The number of nitrogens with zero attached hydrogens (tertiary/aromatic N) is 3. The minimum Gasteiger partial charge on any atom is -0.459 e. The summed E-state index contributed by atoms with van der Waals surface area (Å²) >= 11 is 0. The summed E-state index contributed by atoms with van der Waals surface area (Å²) < 4.78 is 5.05. The fraction of sp³-hybridized carbons (Fsp3) is 0.400. The monoisotopic (exact) mass is 236 g/mol. The van der Waals surface area contributed by atoms with E-state index in [4.69, 9.17) is 11.2 Å². The molecule has 0 bridgehead atoms. The highest BCUT2D eigenvalue weighted by atomic mass is 16.6. The van der Waals surface area contributed by atoms with E-state index in [2.05, 4.69) is 21.2 Å². The van der Waals surface area contributed by atoms with Gasteiger partial charge < -0.3 is 10.1 Å². The number of hydrogen-bond acceptors (Lipinski definition) is 6. The maximum Gasteiger partial charge on any atom is 0.352 e. The van der Waals surface area contributed by atoms with Crippen molar-refractivity contribution in [2.75, 3.05) is 18.5 Å². The standard InChI is InChI=1S/C10H12N4O3/c1-4-6-17-9-8(14(15)16)7(3)12-10(13-9)11-5-2/h1H,5-6H2,2-3H3,(H,11,12,13). The van der Waals surface area contributed by atoms with Crippen molar-refractivity contribution in [3.63, 3.8) is 0 Å². The van der Waals surface area contributed by atoms with E-state index in [0.717, 1.165) is 0 Å². The van der Waals surface area contributed by atoms with Crippen LogP contribution in [0.25, 0.3) is 0 Å². The Morgan fingerprint density at radius 1 is 1.59 bits per heavy atom. The molecule has 0 unspecified atom stereocenters. The maximum atomic E-state index is 10.8. The summed E-state index contributed by atoms with van der Waals surface area (Å²) in [6.45, 7) is 3.90. The highest BCUT2D eigenvalue weighted by Crippen LogP contribution is 2.28. The molecule has 0 aliphatic heterocycles. The number of aromatic nitrogens is 2. The second-order valence-corrected chi connectivity index (χ2v) is 3.07. The largest absolute Gasteiger partial charge is 0.459 e. The Labute approximate surface area is 98.4 Å². The number of anilines is 1. The first kappa shape index (κ1) is 12.7. The first-order valence-corrected chi connectivity index (χ1v) is 4.93. The van der Waals surface area contributed by atoms with E-state index in [9.17, 15) is 10.1 Å². The van der Waals surface area contributed by atoms with Crippen molar-refractivity contribution in [2.24, 2.45) is 0 Å². The summed E-state index contributed by atoms with van der Waals surface area (Å²) in [5.41, 5.74) is -0.0325. The smallest absolute Gasteiger partial charge is 0.352 e. The predicted molar refractivity (Wildman–Crippen MR) is 61.9 cm³/mol. The third-order valence-electron chi connectivity index (χ3n) is 1.84. The Kier molecular flexibility index (Phi) is 4.22. The van der Waals surface area contributed by atoms with Crippen LogP contribution in [0.1, 0.15) is 12.6 Å². The molecule has 1 N–H and O–H groups in total. The maximum absolute atomic E-state index is 10.8. The number of terminal acetylenes is 1. The summed E-state index contributed by atoms with van der Waals surface area (Å²) in [5.74, 6) is 2.39. The van der Waals surface area contributed by atoms with Crippen molar-refractivity contribution >= 4 is 11.6 Å². The van der Waals surface area contributed by atoms with Crippen LogP contribution in [-0.2, 0) is 0 Å². The van der Waals surface area contributed by atoms with E-state index in [1.807, 2.05) is 6.92 Å². The molecule has 0 radical (unpaired) electrons. The molecule has 0 fully saturated rings. The lowest BCUT2D eigenvalue weighted by atomic mass is 10.3. The zero-order valence-electron chi connectivity index (χ0n) is 9.56. The van der Waals surface area contributed by atoms with Crippen LogP contribution < -0.4 is 10.1 Å². The summed E-state index contributed by atoms with van der Waals surface area (Å²) in [5, 5.41) is 13.7. The van der Waals surface area contributed by atoms with Gasteiger partial charge in [-0.05, 0) is 13.8 Å². The van der Waals surface area contributed by atoms with Gasteiger partial charge in [0.2, 0.25) is 5.95 Å². The fourth-order valence-electron chi connectivity index (χ4n) is 1.20. The minimum atomic E-state index is -0.586. The number of hydrogen-bond donors (Lipinski definition) is 1. The van der Waals surface area contributed by atoms with Crippen molar-refractivity contribution in [3.8, 4) is 18.2 Å². The molecule has 0 atom stereocenters. The quantitative estimate of drug-likeness (QED) is 0.468. The van der Waals surface area contributed by atoms with E-state index in [0.29, 0.717) is 6.54 Å². The van der Waals surface area contributed by atoms with E-state index in [1.54, 1.807) is 0 Å². The van der Waals surface area contributed by atoms with Gasteiger partial charge in [-0.1, -0.05) is 5.92 Å². The molecule has 1 aromatic heterocycles. The van der Waals surface area contributed by atoms with Crippen molar-refractivity contribution < 1.29 is 9.66 Å². The molecule has 0 saturated heterocycles. The number of aryl methyl sites for hydroxylation is 1. The fourth-order valence-corrected chi connectivity index (χ4v) is 1.20. The van der Waals surface area contributed by atoms with Gasteiger partial charge in [0.1, 0.15) is 5.69 Å². The molecule has 0 saturated carbocycles. The molecule has 0 amide bonds. The summed E-state index contributed by atoms with van der Waals surface area (Å²) in [6.07, 6.45) is 5.03. The third-order valence-corrected chi connectivity index (χ3v) is 1.84. The van der Waals surface area contributed by atoms with Gasteiger partial charge in [0.15, 0.2) is 6.61 Å². The lowest BCUT2D eigenvalue weighted by Crippen LogP contribution is -2.09. The third kappa shape index (κ3) is 3.04. The van der Waals surface area contributed by atoms with E-state index in [-0.39, 0.29) is 29.8 Å². The second kappa shape index (κ2) is 5.65. The predicted octanol–water partition coefficient (Wildman–Crippen LogP) is 1.14. The van der Waals surface area contributed by atoms with Gasteiger partial charge in [-0.2, -0.15) is 4.98 Å². The summed E-state index contributed by atoms with van der Waals surface area (Å²) in [6, 6.07) is 0. The lowest BCUT2D eigenvalue weighted by Gasteiger charge is -2.07. The zero-order chi connectivity index (χ0) is 12.8. The topological polar surface area (TPSA) is 90.2 Å². The summed E-state index contributed by atoms with van der Waals surface area (Å²) in [4.78, 5) is 18.1. The number of rotatable bonds is 5. The van der Waals surface area contributed by atoms with Gasteiger partial charge in [-0.15, -0.1) is 6.42 Å². The Bertz CT molecular complexity index is 467. The molecule has 0 aliphatic carbocycles. The first-order chi connectivity index (χ1) is 8.10. The number of nitro groups is 1. The van der Waals surface area contributed by atoms with E-state index >= 15 is 0 Å². The molecular formula is C10H12N4O3. The van der Waals surface area contributed by atoms with Gasteiger partial charge >= 0.3 is 5.69 Å². The van der Waals surface area contributed by atoms with Crippen LogP contribution in [0.2, 0.25) is 0 Å². The summed E-state index contributed by atoms with van der Waals surface area (Å²) in [7, 11) is 0. The SMILES string of the molecule is C#CCOc1nc(NCC)nc(C)c1[N+](=O)[O-]. The van der Waals surface area contributed by atoms with Crippen LogP contribution in [-0.4, -0.2) is 28.0 Å². The Morgan fingerprint density at radius 3 is 2.82 bits per heavy atom. The van der Waals surface area contributed by atoms with Crippen molar-refractivity contribution in [1.29, 1.82) is 0 Å². The highest BCUT2D eigenvalue weighted by molar-refractivity contribution is 5.48. The molecule has 7 nitrogen and oxygen atoms in total. The molecule has 0 aromatic carbocycles. The molecule has 17 heavy (non-hydrogen) atoms. The normalized spacial score (nSPS) is 9.47. The minimum absolute atomic E-state index is 0.0805. The van der Waals surface area contributed by atoms with E-state index < -0.39 is 4.92 Å². The molecule has 0 spiro atoms. The molecular weight excluding hydrogens is 224 g/mol. The van der Waals surface area contributed by atoms with Crippen molar-refractivity contribution in [3.05, 3.63) is 15.8 Å². The Hall–Kier alpha value is -2.36. The number of nitrogens with one attached hydrogen (secondary N) is 1. The van der Waals surface area contributed by atoms with Gasteiger partial charge in [-0.3, -0.25) is 10.1 Å². The van der Waals surface area contributed by atoms with Gasteiger partial charge in [0.25, 0.3) is 5.88 Å². The van der Waals surface area contributed by atoms with Crippen LogP contribution in [0, 0.1) is 29.4 Å². The van der Waals surface area contributed by atoms with Crippen molar-refractivity contribution in [2.45, 2.75) is 13.8 Å². The second-order valence-electron chi connectivity index (χ2n) is 3.07.